The lowest BCUT2D eigenvalue weighted by atomic mass is 10.0. The van der Waals surface area contributed by atoms with Crippen LogP contribution >= 0.6 is 0 Å². The molecule has 3 nitrogen and oxygen atoms in total. The van der Waals surface area contributed by atoms with Gasteiger partial charge in [0.25, 0.3) is 0 Å². The van der Waals surface area contributed by atoms with Crippen molar-refractivity contribution in [3.05, 3.63) is 18.0 Å². The number of aryl methyl sites for hydroxylation is 1. The number of rotatable bonds is 3. The molecule has 14 heavy (non-hydrogen) atoms. The molecule has 0 spiro atoms. The van der Waals surface area contributed by atoms with E-state index in [1.807, 2.05) is 13.0 Å². The van der Waals surface area contributed by atoms with Crippen LogP contribution in [0.1, 0.15) is 43.1 Å². The topological polar surface area (TPSA) is 34.9 Å². The zero-order chi connectivity index (χ0) is 9.97. The number of hydrogen-bond acceptors (Lipinski definition) is 2. The fraction of sp³-hybridized carbons (Fsp3) is 0.636. The van der Waals surface area contributed by atoms with E-state index in [1.165, 1.54) is 12.8 Å². The predicted octanol–water partition coefficient (Wildman–Crippen LogP) is 2.28. The van der Waals surface area contributed by atoms with Crippen LogP contribution in [0.2, 0.25) is 0 Å². The molecule has 0 aliphatic heterocycles. The second kappa shape index (κ2) is 3.95. The van der Waals surface area contributed by atoms with Crippen LogP contribution in [0, 0.1) is 5.92 Å². The van der Waals surface area contributed by atoms with E-state index in [0.29, 0.717) is 5.78 Å². The summed E-state index contributed by atoms with van der Waals surface area (Å²) in [5, 5.41) is 4.12. The van der Waals surface area contributed by atoms with Crippen molar-refractivity contribution in [2.45, 2.75) is 39.2 Å². The Kier molecular flexibility index (Phi) is 2.66. The van der Waals surface area contributed by atoms with Crippen LogP contribution in [0.4, 0.5) is 0 Å². The molecule has 1 aliphatic rings. The van der Waals surface area contributed by atoms with Crippen LogP contribution in [0.15, 0.2) is 12.3 Å². The third kappa shape index (κ3) is 1.59. The maximum absolute atomic E-state index is 12.0. The molecule has 2 rings (SSSR count). The molecular formula is C11H16N2O. The third-order valence-electron chi connectivity index (χ3n) is 2.99. The van der Waals surface area contributed by atoms with Gasteiger partial charge in [-0.25, -0.2) is 0 Å². The average molecular weight is 192 g/mol. The summed E-state index contributed by atoms with van der Waals surface area (Å²) in [6, 6.07) is 1.84. The Morgan fingerprint density at radius 2 is 2.29 bits per heavy atom. The normalized spacial score (nSPS) is 17.5. The molecule has 76 valence electrons. The van der Waals surface area contributed by atoms with E-state index >= 15 is 0 Å². The number of ketones is 1. The lowest BCUT2D eigenvalue weighted by Gasteiger charge is -2.08. The molecule has 1 heterocycles. The van der Waals surface area contributed by atoms with E-state index in [-0.39, 0.29) is 5.92 Å². The summed E-state index contributed by atoms with van der Waals surface area (Å²) in [7, 11) is 0. The van der Waals surface area contributed by atoms with Crippen molar-refractivity contribution in [3.63, 3.8) is 0 Å². The molecule has 1 aliphatic carbocycles. The Labute approximate surface area is 84.1 Å². The molecule has 0 saturated heterocycles. The van der Waals surface area contributed by atoms with Crippen LogP contribution in [0.3, 0.4) is 0 Å². The minimum absolute atomic E-state index is 0.261. The average Bonchev–Trinajstić information content (AvgIpc) is 2.87. The number of carbonyl (C=O) groups excluding carboxylic acids is 1. The largest absolute Gasteiger partial charge is 0.292 e. The summed E-state index contributed by atoms with van der Waals surface area (Å²) in [5.74, 6) is 0.554. The molecule has 1 fully saturated rings. The van der Waals surface area contributed by atoms with Crippen molar-refractivity contribution in [2.75, 3.05) is 0 Å². The van der Waals surface area contributed by atoms with Gasteiger partial charge in [0.1, 0.15) is 5.69 Å². The van der Waals surface area contributed by atoms with Crippen molar-refractivity contribution in [1.29, 1.82) is 0 Å². The van der Waals surface area contributed by atoms with Gasteiger partial charge in [-0.05, 0) is 25.8 Å². The molecule has 0 amide bonds. The standard InChI is InChI=1S/C11H16N2O/c1-2-13-10(7-8-12-13)11(14)9-5-3-4-6-9/h7-9H,2-6H2,1H3. The fourth-order valence-electron chi connectivity index (χ4n) is 2.19. The van der Waals surface area contributed by atoms with Gasteiger partial charge in [-0.15, -0.1) is 0 Å². The molecule has 0 atom stereocenters. The number of nitrogens with zero attached hydrogens (tertiary/aromatic N) is 2. The first-order valence-corrected chi connectivity index (χ1v) is 5.39. The van der Waals surface area contributed by atoms with E-state index in [2.05, 4.69) is 5.10 Å². The van der Waals surface area contributed by atoms with Crippen LogP contribution in [0.5, 0.6) is 0 Å². The molecule has 1 aromatic rings. The monoisotopic (exact) mass is 192 g/mol. The maximum atomic E-state index is 12.0. The SMILES string of the molecule is CCn1nccc1C(=O)C1CCCC1. The number of Topliss-reactive ketones (excluding diaryl/α,β-unsaturated/α-hetero) is 1. The summed E-state index contributed by atoms with van der Waals surface area (Å²) >= 11 is 0. The predicted molar refractivity (Wildman–Crippen MR) is 54.2 cm³/mol. The van der Waals surface area contributed by atoms with Crippen molar-refractivity contribution in [2.24, 2.45) is 5.92 Å². The fourth-order valence-corrected chi connectivity index (χ4v) is 2.19. The Morgan fingerprint density at radius 1 is 1.57 bits per heavy atom. The summed E-state index contributed by atoms with van der Waals surface area (Å²) in [4.78, 5) is 12.0. The Bertz CT molecular complexity index is 324. The second-order valence-corrected chi connectivity index (χ2v) is 3.88. The highest BCUT2D eigenvalue weighted by molar-refractivity contribution is 5.96. The lowest BCUT2D eigenvalue weighted by Crippen LogP contribution is -2.16. The van der Waals surface area contributed by atoms with Crippen LogP contribution in [-0.4, -0.2) is 15.6 Å². The summed E-state index contributed by atoms with van der Waals surface area (Å²) in [6.07, 6.45) is 6.25. The number of hydrogen-bond donors (Lipinski definition) is 0. The lowest BCUT2D eigenvalue weighted by molar-refractivity contribution is 0.0912. The van der Waals surface area contributed by atoms with Crippen molar-refractivity contribution < 1.29 is 4.79 Å². The quantitative estimate of drug-likeness (QED) is 0.688. The van der Waals surface area contributed by atoms with E-state index < -0.39 is 0 Å². The Morgan fingerprint density at radius 3 is 2.93 bits per heavy atom. The highest BCUT2D eigenvalue weighted by Gasteiger charge is 2.25. The first-order valence-electron chi connectivity index (χ1n) is 5.39. The molecule has 0 radical (unpaired) electrons. The molecular weight excluding hydrogens is 176 g/mol. The van der Waals surface area contributed by atoms with E-state index in [0.717, 1.165) is 25.1 Å². The van der Waals surface area contributed by atoms with Gasteiger partial charge in [0, 0.05) is 18.7 Å². The van der Waals surface area contributed by atoms with Crippen LogP contribution in [0.25, 0.3) is 0 Å². The molecule has 1 aromatic heterocycles. The first-order chi connectivity index (χ1) is 6.83. The van der Waals surface area contributed by atoms with Gasteiger partial charge < -0.3 is 0 Å². The smallest absolute Gasteiger partial charge is 0.183 e. The zero-order valence-corrected chi connectivity index (χ0v) is 8.57. The summed E-state index contributed by atoms with van der Waals surface area (Å²) < 4.78 is 1.79. The van der Waals surface area contributed by atoms with Gasteiger partial charge in [0.2, 0.25) is 0 Å². The molecule has 0 aromatic carbocycles. The summed E-state index contributed by atoms with van der Waals surface area (Å²) in [6.45, 7) is 2.79. The van der Waals surface area contributed by atoms with Crippen molar-refractivity contribution >= 4 is 5.78 Å². The van der Waals surface area contributed by atoms with E-state index in [4.69, 9.17) is 0 Å². The highest BCUT2D eigenvalue weighted by atomic mass is 16.1. The Hall–Kier alpha value is -1.12. The van der Waals surface area contributed by atoms with Crippen LogP contribution in [-0.2, 0) is 6.54 Å². The van der Waals surface area contributed by atoms with E-state index in [1.54, 1.807) is 10.9 Å². The minimum atomic E-state index is 0.261. The molecule has 0 N–H and O–H groups in total. The minimum Gasteiger partial charge on any atom is -0.292 e. The van der Waals surface area contributed by atoms with Gasteiger partial charge in [0.15, 0.2) is 5.78 Å². The molecule has 1 saturated carbocycles. The third-order valence-corrected chi connectivity index (χ3v) is 2.99. The van der Waals surface area contributed by atoms with Crippen LogP contribution < -0.4 is 0 Å². The maximum Gasteiger partial charge on any atom is 0.183 e. The van der Waals surface area contributed by atoms with Crippen molar-refractivity contribution in [3.8, 4) is 0 Å². The number of carbonyl (C=O) groups is 1. The Balaban J connectivity index is 2.17. The molecule has 0 bridgehead atoms. The zero-order valence-electron chi connectivity index (χ0n) is 8.57. The van der Waals surface area contributed by atoms with Gasteiger partial charge in [-0.2, -0.15) is 5.10 Å². The van der Waals surface area contributed by atoms with Gasteiger partial charge in [-0.1, -0.05) is 12.8 Å². The van der Waals surface area contributed by atoms with Crippen molar-refractivity contribution in [1.82, 2.24) is 9.78 Å². The number of aromatic nitrogens is 2. The van der Waals surface area contributed by atoms with Gasteiger partial charge in [-0.3, -0.25) is 9.48 Å². The highest BCUT2D eigenvalue weighted by Crippen LogP contribution is 2.27. The summed E-state index contributed by atoms with van der Waals surface area (Å²) in [5.41, 5.74) is 0.791. The first kappa shape index (κ1) is 9.44. The molecule has 0 unspecified atom stereocenters. The second-order valence-electron chi connectivity index (χ2n) is 3.88. The van der Waals surface area contributed by atoms with Gasteiger partial charge >= 0.3 is 0 Å². The van der Waals surface area contributed by atoms with E-state index in [9.17, 15) is 4.79 Å². The van der Waals surface area contributed by atoms with Gasteiger partial charge in [0.05, 0.1) is 0 Å². The molecule has 3 heteroatoms.